The van der Waals surface area contributed by atoms with E-state index in [9.17, 15) is 13.2 Å². The lowest BCUT2D eigenvalue weighted by molar-refractivity contribution is 0.0998. The van der Waals surface area contributed by atoms with Gasteiger partial charge in [0.2, 0.25) is 10.0 Å². The van der Waals surface area contributed by atoms with Crippen molar-refractivity contribution in [2.75, 3.05) is 13.1 Å². The lowest BCUT2D eigenvalue weighted by Gasteiger charge is -2.19. The number of benzene rings is 2. The first-order valence-corrected chi connectivity index (χ1v) is 12.0. The fourth-order valence-corrected chi connectivity index (χ4v) is 5.75. The van der Waals surface area contributed by atoms with Crippen LogP contribution in [0.1, 0.15) is 15.9 Å². The first kappa shape index (κ1) is 23.4. The predicted molar refractivity (Wildman–Crippen MR) is 129 cm³/mol. The number of para-hydroxylation sites is 1. The Bertz CT molecular complexity index is 1380. The van der Waals surface area contributed by atoms with Gasteiger partial charge in [-0.2, -0.15) is 9.30 Å². The van der Waals surface area contributed by atoms with Crippen molar-refractivity contribution in [1.29, 1.82) is 0 Å². The number of carbonyl (C=O) groups is 1. The van der Waals surface area contributed by atoms with Gasteiger partial charge in [0.25, 0.3) is 5.91 Å². The molecule has 0 aliphatic carbocycles. The van der Waals surface area contributed by atoms with Crippen LogP contribution in [0.4, 0.5) is 0 Å². The molecule has 2 aromatic carbocycles. The maximum atomic E-state index is 12.8. The summed E-state index contributed by atoms with van der Waals surface area (Å²) in [6, 6.07) is 11.6. The van der Waals surface area contributed by atoms with Crippen molar-refractivity contribution in [3.8, 4) is 12.3 Å². The second-order valence-corrected chi connectivity index (χ2v) is 9.88. The number of aryl methyl sites for hydroxylation is 1. The zero-order valence-electron chi connectivity index (χ0n) is 17.7. The van der Waals surface area contributed by atoms with Crippen molar-refractivity contribution in [1.82, 2.24) is 8.87 Å². The van der Waals surface area contributed by atoms with Gasteiger partial charge in [-0.15, -0.1) is 19.6 Å². The summed E-state index contributed by atoms with van der Waals surface area (Å²) in [6.07, 6.45) is 8.55. The minimum absolute atomic E-state index is 0.0811. The fraction of sp³-hybridized carbons (Fsp3) is 0.167. The van der Waals surface area contributed by atoms with E-state index in [1.165, 1.54) is 52.1 Å². The van der Waals surface area contributed by atoms with Gasteiger partial charge < -0.3 is 4.57 Å². The maximum absolute atomic E-state index is 12.8. The zero-order valence-corrected chi connectivity index (χ0v) is 19.3. The molecular formula is C24H23N3O3S2. The monoisotopic (exact) mass is 465 g/mol. The number of terminal acetylenes is 1. The van der Waals surface area contributed by atoms with Gasteiger partial charge in [0.1, 0.15) is 0 Å². The van der Waals surface area contributed by atoms with E-state index in [1.807, 2.05) is 29.7 Å². The molecule has 3 rings (SSSR count). The van der Waals surface area contributed by atoms with Gasteiger partial charge in [-0.25, -0.2) is 8.42 Å². The Morgan fingerprint density at radius 1 is 1.19 bits per heavy atom. The molecule has 1 amide bonds. The van der Waals surface area contributed by atoms with Gasteiger partial charge >= 0.3 is 0 Å². The van der Waals surface area contributed by atoms with E-state index >= 15 is 0 Å². The van der Waals surface area contributed by atoms with Gasteiger partial charge in [-0.3, -0.25) is 4.79 Å². The van der Waals surface area contributed by atoms with Crippen LogP contribution in [-0.2, 0) is 16.6 Å². The maximum Gasteiger partial charge on any atom is 0.279 e. The minimum Gasteiger partial charge on any atom is -0.304 e. The summed E-state index contributed by atoms with van der Waals surface area (Å²) >= 11 is 1.38. The average Bonchev–Trinajstić information content (AvgIpc) is 3.12. The normalized spacial score (nSPS) is 12.1. The van der Waals surface area contributed by atoms with Crippen LogP contribution in [0.3, 0.4) is 0 Å². The molecule has 0 atom stereocenters. The number of aromatic nitrogens is 1. The second kappa shape index (κ2) is 9.92. The van der Waals surface area contributed by atoms with Crippen LogP contribution in [0, 0.1) is 19.3 Å². The molecule has 1 heterocycles. The molecule has 3 aromatic rings. The summed E-state index contributed by atoms with van der Waals surface area (Å²) < 4.78 is 29.7. The largest absolute Gasteiger partial charge is 0.304 e. The summed E-state index contributed by atoms with van der Waals surface area (Å²) in [5.41, 5.74) is 2.28. The molecule has 8 heteroatoms. The summed E-state index contributed by atoms with van der Waals surface area (Å²) in [7, 11) is -3.74. The average molecular weight is 466 g/mol. The van der Waals surface area contributed by atoms with Crippen molar-refractivity contribution in [3.05, 3.63) is 83.7 Å². The molecule has 0 saturated carbocycles. The Hall–Kier alpha value is -3.25. The van der Waals surface area contributed by atoms with Crippen LogP contribution in [-0.4, -0.2) is 36.3 Å². The number of thiazole rings is 1. The Labute approximate surface area is 191 Å². The van der Waals surface area contributed by atoms with Crippen LogP contribution in [0.5, 0.6) is 0 Å². The zero-order chi connectivity index (χ0) is 23.3. The molecule has 0 N–H and O–H groups in total. The molecule has 0 fully saturated rings. The molecule has 0 aliphatic heterocycles. The van der Waals surface area contributed by atoms with E-state index in [1.54, 1.807) is 0 Å². The third-order valence-corrected chi connectivity index (χ3v) is 7.64. The number of amides is 1. The lowest BCUT2D eigenvalue weighted by atomic mass is 10.2. The molecule has 0 spiro atoms. The van der Waals surface area contributed by atoms with E-state index in [0.717, 1.165) is 15.8 Å². The van der Waals surface area contributed by atoms with Gasteiger partial charge in [-0.1, -0.05) is 41.5 Å². The summed E-state index contributed by atoms with van der Waals surface area (Å²) in [5, 5.41) is 0. The molecule has 32 heavy (non-hydrogen) atoms. The molecule has 0 bridgehead atoms. The van der Waals surface area contributed by atoms with E-state index in [-0.39, 0.29) is 30.1 Å². The molecule has 164 valence electrons. The number of rotatable bonds is 8. The quantitative estimate of drug-likeness (QED) is 0.376. The van der Waals surface area contributed by atoms with Crippen LogP contribution in [0.2, 0.25) is 0 Å². The highest BCUT2D eigenvalue weighted by molar-refractivity contribution is 7.89. The Morgan fingerprint density at radius 3 is 2.44 bits per heavy atom. The minimum atomic E-state index is -3.74. The smallest absolute Gasteiger partial charge is 0.279 e. The number of sulfonamides is 1. The predicted octanol–water partition coefficient (Wildman–Crippen LogP) is 3.75. The third-order valence-electron chi connectivity index (χ3n) is 4.75. The standard InChI is InChI=1S/C24H23N3O3S2/c1-5-15-26(16-6-2)32(29,30)20-13-11-19(12-14-20)23(28)25-24-27(17-7-3)22-18(4)9-8-10-21(22)31-24/h3,5-6,8-14H,1-2,15-17H2,4H3. The number of nitrogens with zero attached hydrogens (tertiary/aromatic N) is 3. The summed E-state index contributed by atoms with van der Waals surface area (Å²) in [5.74, 6) is 2.14. The van der Waals surface area contributed by atoms with Gasteiger partial charge in [0, 0.05) is 18.7 Å². The first-order chi connectivity index (χ1) is 15.3. The SMILES string of the molecule is C#CCn1c(=NC(=O)c2ccc(S(=O)(=O)N(CC=C)CC=C)cc2)sc2cccc(C)c21. The van der Waals surface area contributed by atoms with Gasteiger partial charge in [0.05, 0.1) is 21.7 Å². The highest BCUT2D eigenvalue weighted by atomic mass is 32.2. The third kappa shape index (κ3) is 4.65. The topological polar surface area (TPSA) is 71.7 Å². The Morgan fingerprint density at radius 2 is 1.84 bits per heavy atom. The van der Waals surface area contributed by atoms with Crippen LogP contribution in [0.25, 0.3) is 10.2 Å². The highest BCUT2D eigenvalue weighted by Gasteiger charge is 2.22. The molecule has 0 aliphatic rings. The second-order valence-electron chi connectivity index (χ2n) is 6.94. The van der Waals surface area contributed by atoms with Crippen molar-refractivity contribution < 1.29 is 13.2 Å². The number of hydrogen-bond donors (Lipinski definition) is 0. The van der Waals surface area contributed by atoms with Gasteiger partial charge in [-0.05, 0) is 42.8 Å². The van der Waals surface area contributed by atoms with Crippen LogP contribution >= 0.6 is 11.3 Å². The molecular weight excluding hydrogens is 442 g/mol. The fourth-order valence-electron chi connectivity index (χ4n) is 3.26. The highest BCUT2D eigenvalue weighted by Crippen LogP contribution is 2.21. The molecule has 6 nitrogen and oxygen atoms in total. The van der Waals surface area contributed by atoms with E-state index in [4.69, 9.17) is 6.42 Å². The van der Waals surface area contributed by atoms with Crippen LogP contribution in [0.15, 0.2) is 77.7 Å². The number of carbonyl (C=O) groups excluding carboxylic acids is 1. The van der Waals surface area contributed by atoms with Crippen molar-refractivity contribution in [3.63, 3.8) is 0 Å². The molecule has 0 radical (unpaired) electrons. The van der Waals surface area contributed by atoms with Crippen molar-refractivity contribution in [2.45, 2.75) is 18.4 Å². The first-order valence-electron chi connectivity index (χ1n) is 9.77. The van der Waals surface area contributed by atoms with Crippen molar-refractivity contribution in [2.24, 2.45) is 4.99 Å². The Kier molecular flexibility index (Phi) is 7.26. The van der Waals surface area contributed by atoms with Gasteiger partial charge in [0.15, 0.2) is 4.80 Å². The summed E-state index contributed by atoms with van der Waals surface area (Å²) in [4.78, 5) is 17.7. The molecule has 0 saturated heterocycles. The summed E-state index contributed by atoms with van der Waals surface area (Å²) in [6.45, 7) is 9.78. The molecule has 1 aromatic heterocycles. The Balaban J connectivity index is 1.98. The van der Waals surface area contributed by atoms with E-state index < -0.39 is 15.9 Å². The van der Waals surface area contributed by atoms with Crippen molar-refractivity contribution >= 4 is 37.5 Å². The van der Waals surface area contributed by atoms with Crippen LogP contribution < -0.4 is 4.80 Å². The number of fused-ring (bicyclic) bond motifs is 1. The van der Waals surface area contributed by atoms with E-state index in [0.29, 0.717) is 4.80 Å². The number of hydrogen-bond acceptors (Lipinski definition) is 4. The van der Waals surface area contributed by atoms with E-state index in [2.05, 4.69) is 24.1 Å². The molecule has 0 unspecified atom stereocenters. The lowest BCUT2D eigenvalue weighted by Crippen LogP contribution is -2.31.